The molecule has 0 amide bonds. The molecule has 2 heterocycles. The Labute approximate surface area is 84.5 Å². The summed E-state index contributed by atoms with van der Waals surface area (Å²) >= 11 is 5.64. The highest BCUT2D eigenvalue weighted by Gasteiger charge is 2.03. The first-order valence-corrected chi connectivity index (χ1v) is 4.13. The predicted molar refractivity (Wildman–Crippen MR) is 48.1 cm³/mol. The summed E-state index contributed by atoms with van der Waals surface area (Å²) in [7, 11) is 1.74. The van der Waals surface area contributed by atoms with Crippen molar-refractivity contribution in [3.8, 4) is 11.9 Å². The molecule has 14 heavy (non-hydrogen) atoms. The SMILES string of the molecule is Cn1cnc(Oc2cc(Cl)ncn2)n1. The number of nitrogens with zero attached hydrogens (tertiary/aromatic N) is 5. The Morgan fingerprint density at radius 3 is 2.86 bits per heavy atom. The molecule has 0 saturated heterocycles. The van der Waals surface area contributed by atoms with Gasteiger partial charge in [-0.25, -0.2) is 9.97 Å². The van der Waals surface area contributed by atoms with Gasteiger partial charge in [0, 0.05) is 13.1 Å². The Morgan fingerprint density at radius 2 is 2.21 bits per heavy atom. The minimum absolute atomic E-state index is 0.224. The maximum atomic E-state index is 5.64. The number of aryl methyl sites for hydroxylation is 1. The smallest absolute Gasteiger partial charge is 0.342 e. The van der Waals surface area contributed by atoms with Gasteiger partial charge in [0.25, 0.3) is 0 Å². The molecule has 0 radical (unpaired) electrons. The highest BCUT2D eigenvalue weighted by Crippen LogP contribution is 2.15. The molecule has 7 heteroatoms. The van der Waals surface area contributed by atoms with Crippen molar-refractivity contribution in [2.24, 2.45) is 7.05 Å². The second-order valence-corrected chi connectivity index (χ2v) is 2.87. The van der Waals surface area contributed by atoms with Crippen molar-refractivity contribution in [1.82, 2.24) is 24.7 Å². The van der Waals surface area contributed by atoms with E-state index in [4.69, 9.17) is 16.3 Å². The average molecular weight is 212 g/mol. The Hall–Kier alpha value is -1.69. The van der Waals surface area contributed by atoms with Crippen LogP contribution in [0.3, 0.4) is 0 Å². The van der Waals surface area contributed by atoms with Crippen molar-refractivity contribution in [3.05, 3.63) is 23.9 Å². The molecule has 0 aliphatic rings. The van der Waals surface area contributed by atoms with Gasteiger partial charge in [0.1, 0.15) is 17.8 Å². The van der Waals surface area contributed by atoms with Gasteiger partial charge in [0.15, 0.2) is 0 Å². The van der Waals surface area contributed by atoms with Crippen molar-refractivity contribution in [3.63, 3.8) is 0 Å². The summed E-state index contributed by atoms with van der Waals surface area (Å²) in [6, 6.07) is 1.71. The predicted octanol–water partition coefficient (Wildman–Crippen LogP) is 1.05. The fourth-order valence-corrected chi connectivity index (χ4v) is 0.970. The number of halogens is 1. The molecule has 0 N–H and O–H groups in total. The van der Waals surface area contributed by atoms with E-state index in [2.05, 4.69) is 20.1 Å². The van der Waals surface area contributed by atoms with Gasteiger partial charge < -0.3 is 4.74 Å². The average Bonchev–Trinajstić information content (AvgIpc) is 2.51. The zero-order chi connectivity index (χ0) is 9.97. The van der Waals surface area contributed by atoms with Crippen LogP contribution in [0.5, 0.6) is 11.9 Å². The third-order valence-corrected chi connectivity index (χ3v) is 1.59. The molecule has 0 atom stereocenters. The van der Waals surface area contributed by atoms with Crippen molar-refractivity contribution in [2.75, 3.05) is 0 Å². The van der Waals surface area contributed by atoms with E-state index in [-0.39, 0.29) is 6.01 Å². The van der Waals surface area contributed by atoms with Gasteiger partial charge in [-0.3, -0.25) is 4.68 Å². The van der Waals surface area contributed by atoms with Crippen LogP contribution in [-0.2, 0) is 7.05 Å². The fourth-order valence-electron chi connectivity index (χ4n) is 0.833. The summed E-state index contributed by atoms with van der Waals surface area (Å²) in [6.45, 7) is 0. The van der Waals surface area contributed by atoms with Gasteiger partial charge in [-0.2, -0.15) is 4.98 Å². The monoisotopic (exact) mass is 211 g/mol. The zero-order valence-corrected chi connectivity index (χ0v) is 8.01. The number of aromatic nitrogens is 5. The molecule has 0 aliphatic carbocycles. The standard InChI is InChI=1S/C7H6ClN5O/c1-13-4-11-7(12-13)14-6-2-5(8)9-3-10-6/h2-4H,1H3. The van der Waals surface area contributed by atoms with Gasteiger partial charge in [-0.1, -0.05) is 11.6 Å². The van der Waals surface area contributed by atoms with E-state index in [1.54, 1.807) is 7.05 Å². The Morgan fingerprint density at radius 1 is 1.36 bits per heavy atom. The second-order valence-electron chi connectivity index (χ2n) is 2.48. The number of hydrogen-bond donors (Lipinski definition) is 0. The highest BCUT2D eigenvalue weighted by molar-refractivity contribution is 6.29. The van der Waals surface area contributed by atoms with Crippen LogP contribution in [0, 0.1) is 0 Å². The molecule has 6 nitrogen and oxygen atoms in total. The number of rotatable bonds is 2. The quantitative estimate of drug-likeness (QED) is 0.695. The van der Waals surface area contributed by atoms with Gasteiger partial charge in [0.05, 0.1) is 0 Å². The zero-order valence-electron chi connectivity index (χ0n) is 7.25. The normalized spacial score (nSPS) is 10.1. The summed E-state index contributed by atoms with van der Waals surface area (Å²) in [5.74, 6) is 0.316. The van der Waals surface area contributed by atoms with Crippen LogP contribution in [-0.4, -0.2) is 24.7 Å². The fraction of sp³-hybridized carbons (Fsp3) is 0.143. The summed E-state index contributed by atoms with van der Waals surface area (Å²) < 4.78 is 6.73. The minimum Gasteiger partial charge on any atom is -0.404 e. The molecule has 2 rings (SSSR count). The van der Waals surface area contributed by atoms with E-state index >= 15 is 0 Å². The van der Waals surface area contributed by atoms with E-state index in [0.717, 1.165) is 0 Å². The van der Waals surface area contributed by atoms with Crippen molar-refractivity contribution >= 4 is 11.6 Å². The van der Waals surface area contributed by atoms with E-state index in [0.29, 0.717) is 11.0 Å². The summed E-state index contributed by atoms with van der Waals surface area (Å²) in [4.78, 5) is 11.4. The first kappa shape index (κ1) is 8.89. The van der Waals surface area contributed by atoms with Crippen LogP contribution in [0.15, 0.2) is 18.7 Å². The van der Waals surface area contributed by atoms with Crippen LogP contribution in [0.1, 0.15) is 0 Å². The van der Waals surface area contributed by atoms with Crippen LogP contribution >= 0.6 is 11.6 Å². The first-order valence-electron chi connectivity index (χ1n) is 3.75. The van der Waals surface area contributed by atoms with E-state index in [9.17, 15) is 0 Å². The molecule has 0 aliphatic heterocycles. The molecule has 2 aromatic heterocycles. The molecule has 0 fully saturated rings. The van der Waals surface area contributed by atoms with Crippen LogP contribution in [0.25, 0.3) is 0 Å². The molecule has 0 aromatic carbocycles. The molecule has 72 valence electrons. The van der Waals surface area contributed by atoms with Crippen LogP contribution in [0.2, 0.25) is 5.15 Å². The van der Waals surface area contributed by atoms with E-state index in [1.165, 1.54) is 23.4 Å². The Kier molecular flexibility index (Phi) is 2.28. The summed E-state index contributed by atoms with van der Waals surface area (Å²) in [5, 5.41) is 4.23. The molecule has 2 aromatic rings. The lowest BCUT2D eigenvalue weighted by atomic mass is 10.6. The van der Waals surface area contributed by atoms with Crippen molar-refractivity contribution in [2.45, 2.75) is 0 Å². The third kappa shape index (κ3) is 1.97. The van der Waals surface area contributed by atoms with Crippen molar-refractivity contribution < 1.29 is 4.74 Å². The maximum Gasteiger partial charge on any atom is 0.342 e. The topological polar surface area (TPSA) is 65.7 Å². The Balaban J connectivity index is 2.18. The van der Waals surface area contributed by atoms with Gasteiger partial charge in [-0.05, 0) is 0 Å². The van der Waals surface area contributed by atoms with Crippen LogP contribution in [0.4, 0.5) is 0 Å². The molecule has 0 saturated carbocycles. The van der Waals surface area contributed by atoms with Gasteiger partial charge in [0.2, 0.25) is 5.88 Å². The van der Waals surface area contributed by atoms with Gasteiger partial charge >= 0.3 is 6.01 Å². The lowest BCUT2D eigenvalue weighted by Crippen LogP contribution is -1.92. The lowest BCUT2D eigenvalue weighted by Gasteiger charge is -1.97. The Bertz CT molecular complexity index is 443. The number of ether oxygens (including phenoxy) is 1. The largest absolute Gasteiger partial charge is 0.404 e. The van der Waals surface area contributed by atoms with E-state index < -0.39 is 0 Å². The maximum absolute atomic E-state index is 5.64. The lowest BCUT2D eigenvalue weighted by molar-refractivity contribution is 0.421. The molecule has 0 spiro atoms. The van der Waals surface area contributed by atoms with Crippen LogP contribution < -0.4 is 4.74 Å². The summed E-state index contributed by atoms with van der Waals surface area (Å²) in [5.41, 5.74) is 0. The highest BCUT2D eigenvalue weighted by atomic mass is 35.5. The molecule has 0 unspecified atom stereocenters. The van der Waals surface area contributed by atoms with Crippen molar-refractivity contribution in [1.29, 1.82) is 0 Å². The van der Waals surface area contributed by atoms with E-state index in [1.807, 2.05) is 0 Å². The minimum atomic E-state index is 0.224. The second kappa shape index (κ2) is 3.59. The summed E-state index contributed by atoms with van der Waals surface area (Å²) in [6.07, 6.45) is 2.83. The number of hydrogen-bond acceptors (Lipinski definition) is 5. The molecular formula is C7H6ClN5O. The molecular weight excluding hydrogens is 206 g/mol. The molecule has 0 bridgehead atoms. The van der Waals surface area contributed by atoms with Gasteiger partial charge in [-0.15, -0.1) is 5.10 Å². The third-order valence-electron chi connectivity index (χ3n) is 1.38. The first-order chi connectivity index (χ1) is 6.74.